The highest BCUT2D eigenvalue weighted by molar-refractivity contribution is 4.40. The fraction of sp³-hybridized carbons (Fsp3) is 1.00. The van der Waals surface area contributed by atoms with Crippen LogP contribution in [-0.4, -0.2) is 40.4 Å². The Morgan fingerprint density at radius 2 is 1.25 bits per heavy atom. The van der Waals surface area contributed by atoms with E-state index in [1.54, 1.807) is 0 Å². The van der Waals surface area contributed by atoms with Crippen molar-refractivity contribution in [1.29, 1.82) is 0 Å². The standard InChI is InChI=1S/C6H14O2.C3H8O.C2H6.CH4O/c1-2-3-4-5-6(7)8;1-2-3-4;2*1-2/h6-8H,2-5H2,1H3;4H,2-3H2,1H3;1-2H3;2H,1H3. The number of hydrogen-bond acceptors (Lipinski definition) is 4. The first kappa shape index (κ1) is 24.9. The van der Waals surface area contributed by atoms with Crippen LogP contribution in [0.3, 0.4) is 0 Å². The van der Waals surface area contributed by atoms with Crippen LogP contribution in [0.4, 0.5) is 0 Å². The van der Waals surface area contributed by atoms with Crippen molar-refractivity contribution in [3.63, 3.8) is 0 Å². The summed E-state index contributed by atoms with van der Waals surface area (Å²) in [6, 6.07) is 0. The van der Waals surface area contributed by atoms with Crippen molar-refractivity contribution in [3.8, 4) is 0 Å². The number of aliphatic hydroxyl groups excluding tert-OH is 3. The Balaban J connectivity index is -0.0000000761. The molecular formula is C12H32O4. The second-order valence-electron chi connectivity index (χ2n) is 2.70. The smallest absolute Gasteiger partial charge is 0.151 e. The van der Waals surface area contributed by atoms with Gasteiger partial charge < -0.3 is 20.4 Å². The van der Waals surface area contributed by atoms with Crippen LogP contribution < -0.4 is 0 Å². The minimum atomic E-state index is -1.10. The van der Waals surface area contributed by atoms with E-state index < -0.39 is 6.29 Å². The third-order valence-electron chi connectivity index (χ3n) is 1.29. The van der Waals surface area contributed by atoms with Crippen molar-refractivity contribution in [2.75, 3.05) is 13.7 Å². The summed E-state index contributed by atoms with van der Waals surface area (Å²) in [5, 5.41) is 31.5. The molecule has 0 rings (SSSR count). The van der Waals surface area contributed by atoms with Crippen LogP contribution in [0.15, 0.2) is 0 Å². The molecule has 0 aliphatic carbocycles. The first-order valence-corrected chi connectivity index (χ1v) is 6.10. The third-order valence-corrected chi connectivity index (χ3v) is 1.29. The maximum absolute atomic E-state index is 8.33. The largest absolute Gasteiger partial charge is 0.400 e. The quantitative estimate of drug-likeness (QED) is 0.437. The molecule has 0 aromatic carbocycles. The highest BCUT2D eigenvalue weighted by Crippen LogP contribution is 1.99. The molecule has 0 radical (unpaired) electrons. The Kier molecular flexibility index (Phi) is 56.6. The molecule has 0 heterocycles. The highest BCUT2D eigenvalue weighted by atomic mass is 16.5. The van der Waals surface area contributed by atoms with Gasteiger partial charge in [-0.2, -0.15) is 0 Å². The van der Waals surface area contributed by atoms with Gasteiger partial charge in [0.25, 0.3) is 0 Å². The van der Waals surface area contributed by atoms with E-state index in [1.165, 1.54) is 0 Å². The molecule has 0 atom stereocenters. The van der Waals surface area contributed by atoms with Crippen molar-refractivity contribution in [2.24, 2.45) is 0 Å². The van der Waals surface area contributed by atoms with Gasteiger partial charge in [-0.15, -0.1) is 0 Å². The minimum Gasteiger partial charge on any atom is -0.400 e. The zero-order valence-corrected chi connectivity index (χ0v) is 11.6. The number of rotatable bonds is 5. The Labute approximate surface area is 101 Å². The third kappa shape index (κ3) is 66.9. The van der Waals surface area contributed by atoms with Gasteiger partial charge in [-0.1, -0.05) is 40.5 Å². The number of unbranched alkanes of at least 4 members (excludes halogenated alkanes) is 2. The topological polar surface area (TPSA) is 80.9 Å². The van der Waals surface area contributed by atoms with Crippen LogP contribution in [0.5, 0.6) is 0 Å². The number of aliphatic hydroxyl groups is 4. The van der Waals surface area contributed by atoms with Crippen molar-refractivity contribution < 1.29 is 20.4 Å². The van der Waals surface area contributed by atoms with Crippen LogP contribution >= 0.6 is 0 Å². The van der Waals surface area contributed by atoms with E-state index in [9.17, 15) is 0 Å². The molecule has 0 spiro atoms. The van der Waals surface area contributed by atoms with Gasteiger partial charge in [-0.25, -0.2) is 0 Å². The molecule has 0 amide bonds. The second-order valence-corrected chi connectivity index (χ2v) is 2.70. The van der Waals surface area contributed by atoms with Gasteiger partial charge in [0.15, 0.2) is 6.29 Å². The molecule has 0 aromatic heterocycles. The molecule has 0 saturated heterocycles. The summed E-state index contributed by atoms with van der Waals surface area (Å²) in [5.41, 5.74) is 0. The molecule has 0 aromatic rings. The SMILES string of the molecule is CC.CCCCCC(O)O.CCCO.CO. The maximum Gasteiger partial charge on any atom is 0.151 e. The van der Waals surface area contributed by atoms with Crippen LogP contribution in [0.2, 0.25) is 0 Å². The van der Waals surface area contributed by atoms with Gasteiger partial charge in [0, 0.05) is 13.7 Å². The predicted molar refractivity (Wildman–Crippen MR) is 69.2 cm³/mol. The maximum atomic E-state index is 8.33. The molecule has 4 N–H and O–H groups in total. The van der Waals surface area contributed by atoms with E-state index in [2.05, 4.69) is 6.92 Å². The fourth-order valence-electron chi connectivity index (χ4n) is 0.577. The normalized spacial score (nSPS) is 7.88. The molecule has 0 bridgehead atoms. The zero-order chi connectivity index (χ0) is 13.8. The lowest BCUT2D eigenvalue weighted by molar-refractivity contribution is -0.0465. The molecule has 0 unspecified atom stereocenters. The first-order chi connectivity index (χ1) is 7.68. The van der Waals surface area contributed by atoms with E-state index in [0.29, 0.717) is 13.0 Å². The molecule has 4 heteroatoms. The number of hydrogen-bond donors (Lipinski definition) is 4. The van der Waals surface area contributed by atoms with Gasteiger partial charge in [0.05, 0.1) is 0 Å². The Bertz CT molecular complexity index is 66.0. The fourth-order valence-corrected chi connectivity index (χ4v) is 0.577. The second kappa shape index (κ2) is 36.4. The average molecular weight is 240 g/mol. The van der Waals surface area contributed by atoms with Crippen molar-refractivity contribution in [3.05, 3.63) is 0 Å². The monoisotopic (exact) mass is 240 g/mol. The summed E-state index contributed by atoms with van der Waals surface area (Å²) >= 11 is 0. The summed E-state index contributed by atoms with van der Waals surface area (Å²) in [6.45, 7) is 8.34. The summed E-state index contributed by atoms with van der Waals surface area (Å²) in [5.74, 6) is 0. The summed E-state index contributed by atoms with van der Waals surface area (Å²) in [6.07, 6.45) is 3.45. The van der Waals surface area contributed by atoms with Crippen molar-refractivity contribution in [1.82, 2.24) is 0 Å². The van der Waals surface area contributed by atoms with Crippen LogP contribution in [0.25, 0.3) is 0 Å². The van der Waals surface area contributed by atoms with Gasteiger partial charge in [-0.3, -0.25) is 0 Å². The van der Waals surface area contributed by atoms with Gasteiger partial charge >= 0.3 is 0 Å². The lowest BCUT2D eigenvalue weighted by Crippen LogP contribution is -2.02. The molecule has 0 fully saturated rings. The lowest BCUT2D eigenvalue weighted by atomic mass is 10.2. The lowest BCUT2D eigenvalue weighted by Gasteiger charge is -1.99. The molecular weight excluding hydrogens is 208 g/mol. The van der Waals surface area contributed by atoms with Crippen LogP contribution in [-0.2, 0) is 0 Å². The molecule has 4 nitrogen and oxygen atoms in total. The predicted octanol–water partition coefficient (Wildman–Crippen LogP) is 1.90. The van der Waals surface area contributed by atoms with Crippen LogP contribution in [0, 0.1) is 0 Å². The summed E-state index contributed by atoms with van der Waals surface area (Å²) in [7, 11) is 1.00. The molecule has 0 aliphatic heterocycles. The first-order valence-electron chi connectivity index (χ1n) is 6.10. The Hall–Kier alpha value is -0.160. The van der Waals surface area contributed by atoms with E-state index in [0.717, 1.165) is 32.8 Å². The molecule has 104 valence electrons. The van der Waals surface area contributed by atoms with Gasteiger partial charge in [-0.05, 0) is 19.3 Å². The molecule has 0 saturated carbocycles. The van der Waals surface area contributed by atoms with E-state index in [4.69, 9.17) is 20.4 Å². The van der Waals surface area contributed by atoms with E-state index in [1.807, 2.05) is 20.8 Å². The van der Waals surface area contributed by atoms with E-state index >= 15 is 0 Å². The minimum absolute atomic E-state index is 0.319. The Morgan fingerprint density at radius 3 is 1.44 bits per heavy atom. The summed E-state index contributed by atoms with van der Waals surface area (Å²) < 4.78 is 0. The van der Waals surface area contributed by atoms with Crippen molar-refractivity contribution >= 4 is 0 Å². The van der Waals surface area contributed by atoms with Crippen LogP contribution in [0.1, 0.15) is 59.8 Å². The highest BCUT2D eigenvalue weighted by Gasteiger charge is 1.93. The van der Waals surface area contributed by atoms with E-state index in [-0.39, 0.29) is 0 Å². The zero-order valence-electron chi connectivity index (χ0n) is 11.6. The van der Waals surface area contributed by atoms with Gasteiger partial charge in [0.2, 0.25) is 0 Å². The summed E-state index contributed by atoms with van der Waals surface area (Å²) in [4.78, 5) is 0. The van der Waals surface area contributed by atoms with Gasteiger partial charge in [0.1, 0.15) is 0 Å². The molecule has 0 aliphatic rings. The van der Waals surface area contributed by atoms with Crippen molar-refractivity contribution in [2.45, 2.75) is 66.1 Å². The average Bonchev–Trinajstić information content (AvgIpc) is 2.34. The Morgan fingerprint density at radius 1 is 0.875 bits per heavy atom. The molecule has 16 heavy (non-hydrogen) atoms.